The summed E-state index contributed by atoms with van der Waals surface area (Å²) in [6.07, 6.45) is 3.03. The van der Waals surface area contributed by atoms with Crippen LogP contribution in [-0.2, 0) is 14.4 Å². The van der Waals surface area contributed by atoms with E-state index in [2.05, 4.69) is 20.8 Å². The van der Waals surface area contributed by atoms with Gasteiger partial charge < -0.3 is 20.1 Å². The summed E-state index contributed by atoms with van der Waals surface area (Å²) in [5.41, 5.74) is 4.05. The first-order valence-corrected chi connectivity index (χ1v) is 13.9. The number of methoxy groups -OCH3 is 1. The van der Waals surface area contributed by atoms with Gasteiger partial charge in [-0.15, -0.1) is 0 Å². The molecular weight excluding hydrogens is 534 g/mol. The van der Waals surface area contributed by atoms with Crippen molar-refractivity contribution in [2.75, 3.05) is 51.2 Å². The zero-order chi connectivity index (χ0) is 29.3. The van der Waals surface area contributed by atoms with Gasteiger partial charge in [0.2, 0.25) is 5.91 Å². The molecule has 11 heteroatoms. The maximum Gasteiger partial charge on any atom is 0.224 e. The Balaban J connectivity index is 1.44. The van der Waals surface area contributed by atoms with Crippen LogP contribution in [0.2, 0.25) is 0 Å². The molecule has 0 unspecified atom stereocenters. The van der Waals surface area contributed by atoms with E-state index in [1.165, 1.54) is 0 Å². The molecule has 2 heterocycles. The first kappa shape index (κ1) is 28.9. The average Bonchev–Trinajstić information content (AvgIpc) is 3.46. The molecule has 1 amide bonds. The lowest BCUT2D eigenvalue weighted by molar-refractivity contribution is -0.152. The van der Waals surface area contributed by atoms with Crippen LogP contribution in [0, 0.1) is 0 Å². The summed E-state index contributed by atoms with van der Waals surface area (Å²) in [6.45, 7) is 4.00. The fourth-order valence-electron chi connectivity index (χ4n) is 4.40. The molecule has 0 aliphatic rings. The third kappa shape index (κ3) is 7.38. The molecule has 0 aliphatic carbocycles. The summed E-state index contributed by atoms with van der Waals surface area (Å²) in [4.78, 5) is 27.5. The highest BCUT2D eigenvalue weighted by Gasteiger charge is 2.13. The Bertz CT molecular complexity index is 1660. The number of aromatic amines is 1. The normalized spacial score (nSPS) is 11.3. The van der Waals surface area contributed by atoms with Gasteiger partial charge in [0, 0.05) is 48.3 Å². The molecular formula is C31H35N7O4. The highest BCUT2D eigenvalue weighted by atomic mass is 16.7. The van der Waals surface area contributed by atoms with E-state index in [0.29, 0.717) is 55.9 Å². The molecule has 42 heavy (non-hydrogen) atoms. The van der Waals surface area contributed by atoms with Crippen molar-refractivity contribution in [3.05, 3.63) is 66.9 Å². The van der Waals surface area contributed by atoms with E-state index in [4.69, 9.17) is 24.3 Å². The molecule has 0 aliphatic heterocycles. The Morgan fingerprint density at radius 3 is 2.76 bits per heavy atom. The van der Waals surface area contributed by atoms with Crippen molar-refractivity contribution in [1.29, 1.82) is 0 Å². The topological polar surface area (TPSA) is 127 Å². The number of benzene rings is 3. The van der Waals surface area contributed by atoms with Crippen LogP contribution in [0.3, 0.4) is 0 Å². The Morgan fingerprint density at radius 1 is 1.00 bits per heavy atom. The number of hydroxylamine groups is 2. The first-order chi connectivity index (χ1) is 20.5. The smallest absolute Gasteiger partial charge is 0.224 e. The second-order valence-electron chi connectivity index (χ2n) is 9.78. The number of H-pyrrole nitrogens is 1. The summed E-state index contributed by atoms with van der Waals surface area (Å²) in [5.74, 6) is 1.83. The number of anilines is 3. The molecule has 0 spiro atoms. The predicted octanol–water partition coefficient (Wildman–Crippen LogP) is 5.54. The third-order valence-electron chi connectivity index (χ3n) is 6.53. The van der Waals surface area contributed by atoms with Gasteiger partial charge in [-0.3, -0.25) is 14.7 Å². The Kier molecular flexibility index (Phi) is 9.55. The Hall–Kier alpha value is -4.58. The number of nitrogens with zero attached hydrogens (tertiary/aromatic N) is 4. The number of fused-ring (bicyclic) bond motifs is 2. The van der Waals surface area contributed by atoms with Gasteiger partial charge in [-0.2, -0.15) is 10.2 Å². The van der Waals surface area contributed by atoms with Crippen LogP contribution >= 0.6 is 0 Å². The molecule has 5 aromatic rings. The van der Waals surface area contributed by atoms with Crippen molar-refractivity contribution in [2.45, 2.75) is 19.8 Å². The second-order valence-corrected chi connectivity index (χ2v) is 9.78. The third-order valence-corrected chi connectivity index (χ3v) is 6.53. The Labute approximate surface area is 244 Å². The van der Waals surface area contributed by atoms with E-state index in [-0.39, 0.29) is 5.91 Å². The van der Waals surface area contributed by atoms with Crippen LogP contribution in [0.25, 0.3) is 33.2 Å². The number of carbonyl (C=O) groups is 1. The molecule has 0 fully saturated rings. The summed E-state index contributed by atoms with van der Waals surface area (Å²) in [6, 6.07) is 19.3. The molecule has 0 atom stereocenters. The molecule has 0 bridgehead atoms. The lowest BCUT2D eigenvalue weighted by Crippen LogP contribution is -2.26. The summed E-state index contributed by atoms with van der Waals surface area (Å²) < 4.78 is 11.1. The molecule has 2 aromatic heterocycles. The zero-order valence-corrected chi connectivity index (χ0v) is 24.0. The van der Waals surface area contributed by atoms with E-state index in [1.807, 2.05) is 74.6 Å². The molecule has 5 rings (SSSR count). The van der Waals surface area contributed by atoms with Gasteiger partial charge in [0.25, 0.3) is 0 Å². The number of hydrogen-bond donors (Lipinski definition) is 3. The minimum absolute atomic E-state index is 0.0219. The highest BCUT2D eigenvalue weighted by molar-refractivity contribution is 5.95. The van der Waals surface area contributed by atoms with E-state index in [0.717, 1.165) is 39.5 Å². The number of likely N-dealkylation sites (N-methyl/N-ethyl adjacent to an activating group) is 1. The number of ether oxygens (including phenoxy) is 2. The van der Waals surface area contributed by atoms with Crippen molar-refractivity contribution >= 4 is 44.9 Å². The van der Waals surface area contributed by atoms with Gasteiger partial charge in [0.15, 0.2) is 5.82 Å². The molecule has 0 saturated carbocycles. The standard InChI is InChI=1S/C31H35N7O4/c1-4-6-29(39)33-23-8-5-7-21(17-23)30-35-28-12-10-25(41-14-13-38(2)42-16-15-40-3)19-26(28)31(36-30)34-24-9-11-27-22(18-24)20-32-37-27/h5,7-12,17-20H,4,6,13-16H2,1-3H3,(H,32,37)(H,33,39)(H,34,35,36). The van der Waals surface area contributed by atoms with Gasteiger partial charge in [-0.25, -0.2) is 9.97 Å². The van der Waals surface area contributed by atoms with Crippen LogP contribution in [0.1, 0.15) is 19.8 Å². The minimum atomic E-state index is -0.0219. The SMILES string of the molecule is CCCC(=O)Nc1cccc(-c2nc(Nc3ccc4[nH]ncc4c3)c3cc(OCCN(C)OCCOC)ccc3n2)c1. The van der Waals surface area contributed by atoms with E-state index in [9.17, 15) is 4.79 Å². The monoisotopic (exact) mass is 569 g/mol. The Morgan fingerprint density at radius 2 is 1.90 bits per heavy atom. The van der Waals surface area contributed by atoms with Crippen LogP contribution in [0.15, 0.2) is 66.9 Å². The van der Waals surface area contributed by atoms with Crippen molar-refractivity contribution < 1.29 is 19.1 Å². The summed E-state index contributed by atoms with van der Waals surface area (Å²) >= 11 is 0. The van der Waals surface area contributed by atoms with Gasteiger partial charge in [-0.05, 0) is 55.0 Å². The van der Waals surface area contributed by atoms with Crippen LogP contribution in [0.4, 0.5) is 17.2 Å². The first-order valence-electron chi connectivity index (χ1n) is 13.9. The maximum atomic E-state index is 12.2. The van der Waals surface area contributed by atoms with Gasteiger partial charge in [0.05, 0.1) is 37.0 Å². The molecule has 218 valence electrons. The second kappa shape index (κ2) is 13.9. The lowest BCUT2D eigenvalue weighted by Gasteiger charge is -2.17. The number of nitrogens with one attached hydrogen (secondary N) is 3. The number of rotatable bonds is 14. The van der Waals surface area contributed by atoms with Crippen LogP contribution < -0.4 is 15.4 Å². The molecule has 11 nitrogen and oxygen atoms in total. The molecule has 3 aromatic carbocycles. The van der Waals surface area contributed by atoms with Crippen LogP contribution in [-0.4, -0.2) is 71.7 Å². The van der Waals surface area contributed by atoms with Crippen LogP contribution in [0.5, 0.6) is 5.75 Å². The fraction of sp³-hybridized carbons (Fsp3) is 0.290. The lowest BCUT2D eigenvalue weighted by atomic mass is 10.1. The minimum Gasteiger partial charge on any atom is -0.492 e. The van der Waals surface area contributed by atoms with Crippen molar-refractivity contribution in [3.63, 3.8) is 0 Å². The van der Waals surface area contributed by atoms with Gasteiger partial charge in [0.1, 0.15) is 18.2 Å². The van der Waals surface area contributed by atoms with Crippen molar-refractivity contribution in [1.82, 2.24) is 25.2 Å². The van der Waals surface area contributed by atoms with Gasteiger partial charge in [-0.1, -0.05) is 19.1 Å². The maximum absolute atomic E-state index is 12.2. The average molecular weight is 570 g/mol. The zero-order valence-electron chi connectivity index (χ0n) is 24.0. The molecule has 0 radical (unpaired) electrons. The van der Waals surface area contributed by atoms with Gasteiger partial charge >= 0.3 is 0 Å². The highest BCUT2D eigenvalue weighted by Crippen LogP contribution is 2.31. The number of hydrogen-bond acceptors (Lipinski definition) is 9. The largest absolute Gasteiger partial charge is 0.492 e. The van der Waals surface area contributed by atoms with E-state index < -0.39 is 0 Å². The molecule has 3 N–H and O–H groups in total. The van der Waals surface area contributed by atoms with Crippen molar-refractivity contribution in [2.24, 2.45) is 0 Å². The van der Waals surface area contributed by atoms with E-state index in [1.54, 1.807) is 18.4 Å². The number of carbonyl (C=O) groups excluding carboxylic acids is 1. The van der Waals surface area contributed by atoms with Crippen molar-refractivity contribution in [3.8, 4) is 17.1 Å². The fourth-order valence-corrected chi connectivity index (χ4v) is 4.40. The summed E-state index contributed by atoms with van der Waals surface area (Å²) in [5, 5.41) is 17.0. The number of amides is 1. The van der Waals surface area contributed by atoms with E-state index >= 15 is 0 Å². The quantitative estimate of drug-likeness (QED) is 0.117. The summed E-state index contributed by atoms with van der Waals surface area (Å²) in [7, 11) is 3.50. The predicted molar refractivity (Wildman–Crippen MR) is 164 cm³/mol. The number of aromatic nitrogens is 4. The molecule has 0 saturated heterocycles.